The summed E-state index contributed by atoms with van der Waals surface area (Å²) >= 11 is 0. The molecule has 0 N–H and O–H groups in total. The predicted octanol–water partition coefficient (Wildman–Crippen LogP) is 7.52. The lowest BCUT2D eigenvalue weighted by atomic mass is 9.96. The van der Waals surface area contributed by atoms with Gasteiger partial charge in [0.1, 0.15) is 0 Å². The fourth-order valence-corrected chi connectivity index (χ4v) is 4.86. The summed E-state index contributed by atoms with van der Waals surface area (Å²) in [5.74, 6) is 0.725. The van der Waals surface area contributed by atoms with Crippen LogP contribution in [0.5, 0.6) is 0 Å². The van der Waals surface area contributed by atoms with Gasteiger partial charge in [-0.2, -0.15) is 0 Å². The molecule has 154 valence electrons. The molecule has 2 heterocycles. The van der Waals surface area contributed by atoms with Gasteiger partial charge in [0.15, 0.2) is 0 Å². The molecule has 0 aliphatic heterocycles. The van der Waals surface area contributed by atoms with Gasteiger partial charge in [-0.3, -0.25) is 4.40 Å². The predicted molar refractivity (Wildman–Crippen MR) is 136 cm³/mol. The van der Waals surface area contributed by atoms with Crippen LogP contribution in [0.25, 0.3) is 60.9 Å². The van der Waals surface area contributed by atoms with Gasteiger partial charge in [0.25, 0.3) is 0 Å². The molecule has 0 fully saturated rings. The van der Waals surface area contributed by atoms with Gasteiger partial charge in [-0.25, -0.2) is 9.97 Å². The number of rotatable bonds is 2. The second-order valence-corrected chi connectivity index (χ2v) is 8.32. The van der Waals surface area contributed by atoms with Crippen LogP contribution in [0.15, 0.2) is 115 Å². The van der Waals surface area contributed by atoms with E-state index in [1.165, 1.54) is 21.9 Å². The topological polar surface area (TPSA) is 30.2 Å². The molecule has 0 aliphatic rings. The number of hydrogen-bond donors (Lipinski definition) is 0. The SMILES string of the molecule is c1ccc2c(-c3ccc(-c4nc5nc6ccccc6n5c5ccccc45)cc3)cccc2c1. The number of benzene rings is 5. The molecule has 7 aromatic rings. The molecule has 0 unspecified atom stereocenters. The second kappa shape index (κ2) is 7.01. The molecule has 3 heteroatoms. The van der Waals surface area contributed by atoms with Crippen LogP contribution >= 0.6 is 0 Å². The average Bonchev–Trinajstić information content (AvgIpc) is 3.27. The molecule has 2 aromatic heterocycles. The fraction of sp³-hybridized carbons (Fsp3) is 0. The normalized spacial score (nSPS) is 11.6. The van der Waals surface area contributed by atoms with E-state index >= 15 is 0 Å². The van der Waals surface area contributed by atoms with Crippen LogP contribution in [0, 0.1) is 0 Å². The zero-order valence-electron chi connectivity index (χ0n) is 17.8. The molecular formula is C30H19N3. The highest BCUT2D eigenvalue weighted by Gasteiger charge is 2.14. The number of para-hydroxylation sites is 3. The molecule has 3 nitrogen and oxygen atoms in total. The number of fused-ring (bicyclic) bond motifs is 6. The van der Waals surface area contributed by atoms with E-state index in [4.69, 9.17) is 9.97 Å². The summed E-state index contributed by atoms with van der Waals surface area (Å²) in [5, 5.41) is 3.64. The number of nitrogens with zero attached hydrogens (tertiary/aromatic N) is 3. The van der Waals surface area contributed by atoms with E-state index in [9.17, 15) is 0 Å². The van der Waals surface area contributed by atoms with Gasteiger partial charge in [0, 0.05) is 10.9 Å². The molecule has 0 amide bonds. The van der Waals surface area contributed by atoms with Crippen LogP contribution in [0.4, 0.5) is 0 Å². The highest BCUT2D eigenvalue weighted by atomic mass is 15.1. The minimum Gasteiger partial charge on any atom is -0.276 e. The van der Waals surface area contributed by atoms with Gasteiger partial charge in [-0.15, -0.1) is 0 Å². The minimum atomic E-state index is 0.725. The molecule has 33 heavy (non-hydrogen) atoms. The molecule has 0 aliphatic carbocycles. The number of hydrogen-bond acceptors (Lipinski definition) is 2. The minimum absolute atomic E-state index is 0.725. The Morgan fingerprint density at radius 3 is 2.03 bits per heavy atom. The van der Waals surface area contributed by atoms with E-state index in [2.05, 4.69) is 101 Å². The van der Waals surface area contributed by atoms with Crippen molar-refractivity contribution in [3.05, 3.63) is 115 Å². The number of aromatic nitrogens is 3. The van der Waals surface area contributed by atoms with Crippen molar-refractivity contribution in [1.82, 2.24) is 14.4 Å². The molecule has 0 saturated heterocycles. The van der Waals surface area contributed by atoms with Crippen molar-refractivity contribution in [3.63, 3.8) is 0 Å². The maximum Gasteiger partial charge on any atom is 0.235 e. The molecule has 0 radical (unpaired) electrons. The molecule has 0 saturated carbocycles. The summed E-state index contributed by atoms with van der Waals surface area (Å²) in [7, 11) is 0. The van der Waals surface area contributed by atoms with E-state index in [-0.39, 0.29) is 0 Å². The quantitative estimate of drug-likeness (QED) is 0.289. The Hall–Kier alpha value is -4.50. The standard InChI is InChI=1S/C30H19N3/c1-2-10-23-20(8-1)9-7-12-24(23)21-16-18-22(19-17-21)29-25-11-3-5-14-27(25)33-28-15-6-4-13-26(28)31-30(33)32-29/h1-19H. The Morgan fingerprint density at radius 1 is 0.485 bits per heavy atom. The van der Waals surface area contributed by atoms with Gasteiger partial charge in [-0.1, -0.05) is 97.1 Å². The Labute approximate surface area is 190 Å². The monoisotopic (exact) mass is 421 g/mol. The third kappa shape index (κ3) is 2.76. The lowest BCUT2D eigenvalue weighted by molar-refractivity contribution is 1.19. The van der Waals surface area contributed by atoms with Crippen molar-refractivity contribution >= 4 is 38.5 Å². The van der Waals surface area contributed by atoms with Crippen LogP contribution in [0.2, 0.25) is 0 Å². The van der Waals surface area contributed by atoms with Crippen LogP contribution in [-0.4, -0.2) is 14.4 Å². The highest BCUT2D eigenvalue weighted by molar-refractivity contribution is 5.99. The summed E-state index contributed by atoms with van der Waals surface area (Å²) in [4.78, 5) is 9.82. The first-order valence-electron chi connectivity index (χ1n) is 11.1. The molecule has 5 aromatic carbocycles. The van der Waals surface area contributed by atoms with E-state index < -0.39 is 0 Å². The van der Waals surface area contributed by atoms with E-state index in [1.54, 1.807) is 0 Å². The third-order valence-corrected chi connectivity index (χ3v) is 6.41. The lowest BCUT2D eigenvalue weighted by Gasteiger charge is -2.11. The molecule has 0 spiro atoms. The van der Waals surface area contributed by atoms with Crippen molar-refractivity contribution in [2.24, 2.45) is 0 Å². The molecule has 7 rings (SSSR count). The summed E-state index contributed by atoms with van der Waals surface area (Å²) in [6.45, 7) is 0. The van der Waals surface area contributed by atoms with Gasteiger partial charge >= 0.3 is 0 Å². The lowest BCUT2D eigenvalue weighted by Crippen LogP contribution is -1.96. The first kappa shape index (κ1) is 18.1. The van der Waals surface area contributed by atoms with Crippen molar-refractivity contribution in [1.29, 1.82) is 0 Å². The zero-order chi connectivity index (χ0) is 21.8. The maximum atomic E-state index is 5.02. The van der Waals surface area contributed by atoms with E-state index in [0.29, 0.717) is 0 Å². The van der Waals surface area contributed by atoms with Gasteiger partial charge < -0.3 is 0 Å². The van der Waals surface area contributed by atoms with Crippen molar-refractivity contribution in [2.75, 3.05) is 0 Å². The van der Waals surface area contributed by atoms with Crippen LogP contribution in [0.3, 0.4) is 0 Å². The summed E-state index contributed by atoms with van der Waals surface area (Å²) in [6, 6.07) is 40.4. The largest absolute Gasteiger partial charge is 0.276 e. The van der Waals surface area contributed by atoms with Gasteiger partial charge in [0.2, 0.25) is 5.78 Å². The van der Waals surface area contributed by atoms with E-state index in [0.717, 1.165) is 39.0 Å². The van der Waals surface area contributed by atoms with Crippen molar-refractivity contribution in [3.8, 4) is 22.4 Å². The van der Waals surface area contributed by atoms with Crippen LogP contribution in [-0.2, 0) is 0 Å². The Kier molecular flexibility index (Phi) is 3.84. The molecule has 0 bridgehead atoms. The summed E-state index contributed by atoms with van der Waals surface area (Å²) in [6.07, 6.45) is 0. The van der Waals surface area contributed by atoms with Gasteiger partial charge in [-0.05, 0) is 40.1 Å². The zero-order valence-corrected chi connectivity index (χ0v) is 17.8. The Morgan fingerprint density at radius 2 is 1.15 bits per heavy atom. The Balaban J connectivity index is 1.43. The third-order valence-electron chi connectivity index (χ3n) is 6.41. The van der Waals surface area contributed by atoms with E-state index in [1.807, 2.05) is 18.2 Å². The number of imidazole rings is 1. The smallest absolute Gasteiger partial charge is 0.235 e. The molecular weight excluding hydrogens is 402 g/mol. The first-order valence-corrected chi connectivity index (χ1v) is 11.1. The van der Waals surface area contributed by atoms with Crippen LogP contribution in [0.1, 0.15) is 0 Å². The van der Waals surface area contributed by atoms with Crippen molar-refractivity contribution in [2.45, 2.75) is 0 Å². The summed E-state index contributed by atoms with van der Waals surface area (Å²) < 4.78 is 2.15. The maximum absolute atomic E-state index is 5.02. The Bertz CT molecular complexity index is 1810. The second-order valence-electron chi connectivity index (χ2n) is 8.32. The molecule has 0 atom stereocenters. The summed E-state index contributed by atoms with van der Waals surface area (Å²) in [5.41, 5.74) is 7.64. The van der Waals surface area contributed by atoms with Crippen LogP contribution < -0.4 is 0 Å². The van der Waals surface area contributed by atoms with Crippen molar-refractivity contribution < 1.29 is 0 Å². The highest BCUT2D eigenvalue weighted by Crippen LogP contribution is 2.33. The average molecular weight is 422 g/mol. The fourth-order valence-electron chi connectivity index (χ4n) is 4.86. The first-order chi connectivity index (χ1) is 16.4. The van der Waals surface area contributed by atoms with Gasteiger partial charge in [0.05, 0.1) is 22.2 Å².